The Morgan fingerprint density at radius 3 is 3.07 bits per heavy atom. The van der Waals surface area contributed by atoms with E-state index in [2.05, 4.69) is 22.8 Å². The molecular formula is C12H14N2. The molecule has 0 aromatic heterocycles. The lowest BCUT2D eigenvalue weighted by atomic mass is 9.93. The van der Waals surface area contributed by atoms with Gasteiger partial charge in [0.05, 0.1) is 0 Å². The summed E-state index contributed by atoms with van der Waals surface area (Å²) in [6.45, 7) is 1.11. The summed E-state index contributed by atoms with van der Waals surface area (Å²) in [5.41, 5.74) is 5.73. The monoisotopic (exact) mass is 186 g/mol. The quantitative estimate of drug-likeness (QED) is 0.604. The van der Waals surface area contributed by atoms with Crippen molar-refractivity contribution in [3.05, 3.63) is 47.0 Å². The molecule has 2 heteroatoms. The lowest BCUT2D eigenvalue weighted by Gasteiger charge is -2.20. The fraction of sp³-hybridized carbons (Fsp3) is 0.333. The second-order valence-electron chi connectivity index (χ2n) is 3.91. The maximum Gasteiger partial charge on any atom is 0.0424 e. The van der Waals surface area contributed by atoms with Gasteiger partial charge in [0, 0.05) is 29.7 Å². The van der Waals surface area contributed by atoms with E-state index < -0.39 is 0 Å². The maximum atomic E-state index is 3.49. The maximum absolute atomic E-state index is 3.49. The molecule has 0 saturated heterocycles. The van der Waals surface area contributed by atoms with Crippen molar-refractivity contribution < 1.29 is 0 Å². The molecule has 0 unspecified atom stereocenters. The first kappa shape index (κ1) is 7.92. The highest BCUT2D eigenvalue weighted by atomic mass is 14.9. The minimum atomic E-state index is 1.11. The molecule has 0 amide bonds. The van der Waals surface area contributed by atoms with E-state index in [0.29, 0.717) is 0 Å². The van der Waals surface area contributed by atoms with Crippen LogP contribution in [0.4, 0.5) is 0 Å². The highest BCUT2D eigenvalue weighted by Gasteiger charge is 2.23. The smallest absolute Gasteiger partial charge is 0.0424 e. The normalized spacial score (nSPS) is 24.0. The van der Waals surface area contributed by atoms with Crippen LogP contribution in [0.2, 0.25) is 0 Å². The molecule has 2 nitrogen and oxygen atoms in total. The van der Waals surface area contributed by atoms with Gasteiger partial charge in [-0.05, 0) is 30.9 Å². The van der Waals surface area contributed by atoms with Gasteiger partial charge in [-0.3, -0.25) is 0 Å². The number of hydrogen-bond donors (Lipinski definition) is 2. The number of allylic oxidation sites excluding steroid dienone is 4. The van der Waals surface area contributed by atoms with Crippen molar-refractivity contribution in [1.82, 2.24) is 10.6 Å². The van der Waals surface area contributed by atoms with Crippen LogP contribution in [0.3, 0.4) is 0 Å². The molecule has 2 aliphatic heterocycles. The van der Waals surface area contributed by atoms with Gasteiger partial charge in [-0.25, -0.2) is 0 Å². The van der Waals surface area contributed by atoms with Gasteiger partial charge in [0.2, 0.25) is 0 Å². The van der Waals surface area contributed by atoms with E-state index in [9.17, 15) is 0 Å². The second-order valence-corrected chi connectivity index (χ2v) is 3.91. The Hall–Kier alpha value is -1.44. The third-order valence-electron chi connectivity index (χ3n) is 3.08. The molecule has 14 heavy (non-hydrogen) atoms. The number of nitrogens with one attached hydrogen (secondary N) is 2. The van der Waals surface area contributed by atoms with E-state index >= 15 is 0 Å². The van der Waals surface area contributed by atoms with E-state index in [0.717, 1.165) is 13.0 Å². The van der Waals surface area contributed by atoms with Crippen LogP contribution in [0.15, 0.2) is 47.0 Å². The number of fused-ring (bicyclic) bond motifs is 1. The van der Waals surface area contributed by atoms with Crippen LogP contribution in [0.1, 0.15) is 19.3 Å². The summed E-state index contributed by atoms with van der Waals surface area (Å²) in [6.07, 6.45) is 12.0. The average molecular weight is 186 g/mol. The summed E-state index contributed by atoms with van der Waals surface area (Å²) < 4.78 is 0. The molecule has 2 heterocycles. The van der Waals surface area contributed by atoms with E-state index in [1.807, 2.05) is 12.3 Å². The van der Waals surface area contributed by atoms with Crippen LogP contribution in [0.25, 0.3) is 0 Å². The Morgan fingerprint density at radius 1 is 1.07 bits per heavy atom. The molecule has 3 aliphatic rings. The van der Waals surface area contributed by atoms with Gasteiger partial charge >= 0.3 is 0 Å². The van der Waals surface area contributed by atoms with E-state index in [-0.39, 0.29) is 0 Å². The molecule has 0 aromatic carbocycles. The Bertz CT molecular complexity index is 383. The lowest BCUT2D eigenvalue weighted by Crippen LogP contribution is -2.17. The summed E-state index contributed by atoms with van der Waals surface area (Å²) in [5, 5.41) is 6.85. The second kappa shape index (κ2) is 3.05. The van der Waals surface area contributed by atoms with Crippen molar-refractivity contribution in [3.8, 4) is 0 Å². The summed E-state index contributed by atoms with van der Waals surface area (Å²) in [5.74, 6) is 0. The molecule has 1 aliphatic carbocycles. The highest BCUT2D eigenvalue weighted by molar-refractivity contribution is 5.51. The standard InChI is InChI=1S/C12H14N2/c1-2-7-13-11-5-4-9-6-8-14-12(9)10(11)3-1/h1-3,7,13-14H,4-6,8H2. The van der Waals surface area contributed by atoms with Gasteiger partial charge in [0.25, 0.3) is 0 Å². The topological polar surface area (TPSA) is 24.1 Å². The minimum absolute atomic E-state index is 1.11. The zero-order valence-electron chi connectivity index (χ0n) is 8.14. The van der Waals surface area contributed by atoms with Gasteiger partial charge < -0.3 is 10.6 Å². The van der Waals surface area contributed by atoms with Crippen molar-refractivity contribution >= 4 is 0 Å². The van der Waals surface area contributed by atoms with Crippen molar-refractivity contribution in [2.24, 2.45) is 0 Å². The fourth-order valence-corrected chi connectivity index (χ4v) is 2.38. The zero-order chi connectivity index (χ0) is 9.38. The molecule has 0 aromatic rings. The fourth-order valence-electron chi connectivity index (χ4n) is 2.38. The average Bonchev–Trinajstić information content (AvgIpc) is 2.55. The van der Waals surface area contributed by atoms with Gasteiger partial charge in [-0.15, -0.1) is 0 Å². The summed E-state index contributed by atoms with van der Waals surface area (Å²) in [4.78, 5) is 0. The first-order chi connectivity index (χ1) is 6.95. The molecule has 72 valence electrons. The SMILES string of the molecule is C1=CNC2=C(C=C1)C1=C(CCN1)CC2. The van der Waals surface area contributed by atoms with Gasteiger partial charge in [0.1, 0.15) is 0 Å². The molecule has 3 rings (SSSR count). The van der Waals surface area contributed by atoms with Crippen LogP contribution in [0, 0.1) is 0 Å². The van der Waals surface area contributed by atoms with E-state index in [1.165, 1.54) is 29.8 Å². The van der Waals surface area contributed by atoms with Crippen LogP contribution in [-0.4, -0.2) is 6.54 Å². The number of rotatable bonds is 0. The molecule has 0 bridgehead atoms. The first-order valence-corrected chi connectivity index (χ1v) is 5.24. The predicted molar refractivity (Wildman–Crippen MR) is 57.3 cm³/mol. The summed E-state index contributed by atoms with van der Waals surface area (Å²) >= 11 is 0. The zero-order valence-corrected chi connectivity index (χ0v) is 8.14. The van der Waals surface area contributed by atoms with E-state index in [1.54, 1.807) is 5.57 Å². The molecule has 0 fully saturated rings. The minimum Gasteiger partial charge on any atom is -0.384 e. The molecular weight excluding hydrogens is 172 g/mol. The van der Waals surface area contributed by atoms with E-state index in [4.69, 9.17) is 0 Å². The molecule has 0 atom stereocenters. The Balaban J connectivity index is 2.07. The van der Waals surface area contributed by atoms with Crippen molar-refractivity contribution in [2.45, 2.75) is 19.3 Å². The van der Waals surface area contributed by atoms with Gasteiger partial charge in [-0.1, -0.05) is 12.2 Å². The van der Waals surface area contributed by atoms with Crippen LogP contribution >= 0.6 is 0 Å². The Labute approximate surface area is 84.1 Å². The van der Waals surface area contributed by atoms with Gasteiger partial charge in [0.15, 0.2) is 0 Å². The predicted octanol–water partition coefficient (Wildman–Crippen LogP) is 1.95. The summed E-state index contributed by atoms with van der Waals surface area (Å²) in [6, 6.07) is 0. The third kappa shape index (κ3) is 1.10. The van der Waals surface area contributed by atoms with Crippen LogP contribution in [0.5, 0.6) is 0 Å². The molecule has 0 radical (unpaired) electrons. The lowest BCUT2D eigenvalue weighted by molar-refractivity contribution is 0.805. The first-order valence-electron chi connectivity index (χ1n) is 5.24. The summed E-state index contributed by atoms with van der Waals surface area (Å²) in [7, 11) is 0. The Morgan fingerprint density at radius 2 is 2.07 bits per heavy atom. The highest BCUT2D eigenvalue weighted by Crippen LogP contribution is 2.33. The molecule has 0 spiro atoms. The van der Waals surface area contributed by atoms with Crippen molar-refractivity contribution in [1.29, 1.82) is 0 Å². The van der Waals surface area contributed by atoms with Crippen LogP contribution in [-0.2, 0) is 0 Å². The largest absolute Gasteiger partial charge is 0.384 e. The van der Waals surface area contributed by atoms with Gasteiger partial charge in [-0.2, -0.15) is 0 Å². The van der Waals surface area contributed by atoms with Crippen LogP contribution < -0.4 is 10.6 Å². The molecule has 2 N–H and O–H groups in total. The molecule has 0 saturated carbocycles. The Kier molecular flexibility index (Phi) is 1.72. The van der Waals surface area contributed by atoms with Crippen molar-refractivity contribution in [3.63, 3.8) is 0 Å². The third-order valence-corrected chi connectivity index (χ3v) is 3.08. The van der Waals surface area contributed by atoms with Crippen molar-refractivity contribution in [2.75, 3.05) is 6.54 Å². The number of hydrogen-bond acceptors (Lipinski definition) is 2.